The Balaban J connectivity index is 1.37. The summed E-state index contributed by atoms with van der Waals surface area (Å²) in [6.45, 7) is 5.97. The molecule has 3 fully saturated rings. The maximum absolute atomic E-state index is 5.61. The highest BCUT2D eigenvalue weighted by Crippen LogP contribution is 2.39. The Hall–Kier alpha value is -1.49. The molecule has 1 aromatic heterocycles. The van der Waals surface area contributed by atoms with Crippen molar-refractivity contribution in [3.05, 3.63) is 24.2 Å². The first kappa shape index (κ1) is 18.9. The van der Waals surface area contributed by atoms with Crippen LogP contribution in [-0.2, 0) is 11.2 Å². The molecule has 2 saturated heterocycles. The fourth-order valence-corrected chi connectivity index (χ4v) is 4.93. The Kier molecular flexibility index (Phi) is 6.38. The van der Waals surface area contributed by atoms with Crippen molar-refractivity contribution in [2.24, 2.45) is 16.3 Å². The van der Waals surface area contributed by atoms with E-state index in [2.05, 4.69) is 10.2 Å². The largest absolute Gasteiger partial charge is 0.469 e. The van der Waals surface area contributed by atoms with Crippen molar-refractivity contribution in [1.82, 2.24) is 10.2 Å². The lowest BCUT2D eigenvalue weighted by molar-refractivity contribution is 0.0217. The van der Waals surface area contributed by atoms with Crippen LogP contribution in [0.5, 0.6) is 0 Å². The number of hydrogen-bond acceptors (Lipinski definition) is 3. The summed E-state index contributed by atoms with van der Waals surface area (Å²) < 4.78 is 11.1. The third kappa shape index (κ3) is 5.07. The first-order chi connectivity index (χ1) is 13.3. The van der Waals surface area contributed by atoms with Crippen molar-refractivity contribution in [2.75, 3.05) is 39.4 Å². The Bertz CT molecular complexity index is 587. The molecular weight excluding hydrogens is 338 g/mol. The van der Waals surface area contributed by atoms with Gasteiger partial charge in [-0.2, -0.15) is 0 Å². The lowest BCUT2D eigenvalue weighted by Gasteiger charge is -2.33. The van der Waals surface area contributed by atoms with E-state index in [4.69, 9.17) is 14.1 Å². The van der Waals surface area contributed by atoms with Crippen LogP contribution in [0.4, 0.5) is 0 Å². The number of hydrogen-bond donors (Lipinski definition) is 1. The zero-order valence-corrected chi connectivity index (χ0v) is 16.6. The summed E-state index contributed by atoms with van der Waals surface area (Å²) in [6, 6.07) is 4.01. The van der Waals surface area contributed by atoms with E-state index in [1.807, 2.05) is 12.1 Å². The molecule has 0 unspecified atom stereocenters. The zero-order chi connectivity index (χ0) is 18.4. The fourth-order valence-electron chi connectivity index (χ4n) is 4.93. The van der Waals surface area contributed by atoms with Crippen molar-refractivity contribution >= 4 is 5.96 Å². The predicted octanol–water partition coefficient (Wildman–Crippen LogP) is 3.85. The zero-order valence-electron chi connectivity index (χ0n) is 16.6. The van der Waals surface area contributed by atoms with Crippen molar-refractivity contribution < 1.29 is 9.15 Å². The summed E-state index contributed by atoms with van der Waals surface area (Å²) in [5, 5.41) is 3.65. The summed E-state index contributed by atoms with van der Waals surface area (Å²) in [7, 11) is 0. The number of guanidine groups is 1. The maximum Gasteiger partial charge on any atom is 0.193 e. The molecule has 0 atom stereocenters. The quantitative estimate of drug-likeness (QED) is 0.629. The molecule has 4 rings (SSSR count). The number of nitrogens with one attached hydrogen (secondary N) is 1. The molecule has 1 aliphatic carbocycles. The number of rotatable bonds is 5. The summed E-state index contributed by atoms with van der Waals surface area (Å²) >= 11 is 0. The van der Waals surface area contributed by atoms with Crippen molar-refractivity contribution in [1.29, 1.82) is 0 Å². The molecule has 1 N–H and O–H groups in total. The van der Waals surface area contributed by atoms with Gasteiger partial charge in [0, 0.05) is 45.8 Å². The Morgan fingerprint density at radius 1 is 1.19 bits per heavy atom. The Morgan fingerprint density at radius 2 is 2.04 bits per heavy atom. The standard InChI is InChI=1S/C22H35N3O2/c1-2-5-19(6-3-1)17-24-21(23-12-8-20-7-4-14-27-20)25-13-9-22(18-25)10-15-26-16-11-22/h4,7,14,19H,1-3,5-6,8-13,15-18H2,(H,23,24). The third-order valence-corrected chi connectivity index (χ3v) is 6.75. The average Bonchev–Trinajstić information content (AvgIpc) is 3.37. The molecule has 2 aliphatic heterocycles. The SMILES string of the molecule is c1coc(CCNC(=NCC2CCCCC2)N2CCC3(CCOCC3)C2)c1. The topological polar surface area (TPSA) is 50.0 Å². The first-order valence-corrected chi connectivity index (χ1v) is 11.0. The molecule has 27 heavy (non-hydrogen) atoms. The van der Waals surface area contributed by atoms with Gasteiger partial charge < -0.3 is 19.4 Å². The van der Waals surface area contributed by atoms with E-state index in [0.717, 1.165) is 63.5 Å². The summed E-state index contributed by atoms with van der Waals surface area (Å²) in [4.78, 5) is 7.61. The van der Waals surface area contributed by atoms with Gasteiger partial charge in [0.15, 0.2) is 5.96 Å². The molecule has 150 valence electrons. The minimum atomic E-state index is 0.451. The lowest BCUT2D eigenvalue weighted by Crippen LogP contribution is -2.43. The molecule has 3 heterocycles. The van der Waals surface area contributed by atoms with E-state index in [1.54, 1.807) is 6.26 Å². The molecule has 1 spiro atoms. The van der Waals surface area contributed by atoms with Gasteiger partial charge in [0.1, 0.15) is 5.76 Å². The van der Waals surface area contributed by atoms with E-state index in [9.17, 15) is 0 Å². The minimum Gasteiger partial charge on any atom is -0.469 e. The van der Waals surface area contributed by atoms with Crippen molar-refractivity contribution in [2.45, 2.75) is 57.8 Å². The molecule has 0 radical (unpaired) electrons. The highest BCUT2D eigenvalue weighted by Gasteiger charge is 2.40. The normalized spacial score (nSPS) is 23.9. The van der Waals surface area contributed by atoms with Crippen LogP contribution in [0, 0.1) is 11.3 Å². The Labute approximate surface area is 163 Å². The van der Waals surface area contributed by atoms with E-state index in [0.29, 0.717) is 5.41 Å². The third-order valence-electron chi connectivity index (χ3n) is 6.75. The second-order valence-electron chi connectivity index (χ2n) is 8.71. The van der Waals surface area contributed by atoms with Gasteiger partial charge in [0.25, 0.3) is 0 Å². The number of likely N-dealkylation sites (tertiary alicyclic amines) is 1. The number of aliphatic imine (C=N–C) groups is 1. The lowest BCUT2D eigenvalue weighted by atomic mass is 9.80. The van der Waals surface area contributed by atoms with Crippen LogP contribution in [0.3, 0.4) is 0 Å². The highest BCUT2D eigenvalue weighted by molar-refractivity contribution is 5.80. The molecule has 3 aliphatic rings. The van der Waals surface area contributed by atoms with Crippen LogP contribution in [0.15, 0.2) is 27.8 Å². The summed E-state index contributed by atoms with van der Waals surface area (Å²) in [5.74, 6) is 2.94. The fraction of sp³-hybridized carbons (Fsp3) is 0.773. The van der Waals surface area contributed by atoms with Gasteiger partial charge in [-0.15, -0.1) is 0 Å². The highest BCUT2D eigenvalue weighted by atomic mass is 16.5. The molecule has 5 heteroatoms. The summed E-state index contributed by atoms with van der Waals surface area (Å²) in [5.41, 5.74) is 0.451. The number of furan rings is 1. The van der Waals surface area contributed by atoms with E-state index in [-0.39, 0.29) is 0 Å². The van der Waals surface area contributed by atoms with Crippen molar-refractivity contribution in [3.8, 4) is 0 Å². The minimum absolute atomic E-state index is 0.451. The van der Waals surface area contributed by atoms with E-state index in [1.165, 1.54) is 51.4 Å². The maximum atomic E-state index is 5.61. The molecule has 5 nitrogen and oxygen atoms in total. The van der Waals surface area contributed by atoms with Crippen LogP contribution in [0.1, 0.15) is 57.1 Å². The van der Waals surface area contributed by atoms with Gasteiger partial charge in [-0.1, -0.05) is 19.3 Å². The second kappa shape index (κ2) is 9.13. The number of ether oxygens (including phenoxy) is 1. The van der Waals surface area contributed by atoms with Crippen LogP contribution >= 0.6 is 0 Å². The van der Waals surface area contributed by atoms with Gasteiger partial charge in [-0.05, 0) is 55.6 Å². The van der Waals surface area contributed by atoms with Gasteiger partial charge in [0.2, 0.25) is 0 Å². The molecule has 0 aromatic carbocycles. The first-order valence-electron chi connectivity index (χ1n) is 11.0. The van der Waals surface area contributed by atoms with E-state index < -0.39 is 0 Å². The average molecular weight is 374 g/mol. The number of nitrogens with zero attached hydrogens (tertiary/aromatic N) is 2. The Morgan fingerprint density at radius 3 is 2.81 bits per heavy atom. The van der Waals surface area contributed by atoms with Crippen LogP contribution in [0.2, 0.25) is 0 Å². The van der Waals surface area contributed by atoms with Crippen LogP contribution in [0.25, 0.3) is 0 Å². The monoisotopic (exact) mass is 373 g/mol. The second-order valence-corrected chi connectivity index (χ2v) is 8.71. The van der Waals surface area contributed by atoms with Gasteiger partial charge in [-0.25, -0.2) is 0 Å². The molecule has 1 saturated carbocycles. The van der Waals surface area contributed by atoms with E-state index >= 15 is 0 Å². The molecule has 0 amide bonds. The van der Waals surface area contributed by atoms with Gasteiger partial charge in [-0.3, -0.25) is 4.99 Å². The smallest absolute Gasteiger partial charge is 0.193 e. The van der Waals surface area contributed by atoms with Gasteiger partial charge in [0.05, 0.1) is 6.26 Å². The predicted molar refractivity (Wildman–Crippen MR) is 108 cm³/mol. The molecule has 0 bridgehead atoms. The molecular formula is C22H35N3O2. The van der Waals surface area contributed by atoms with Gasteiger partial charge >= 0.3 is 0 Å². The molecule has 1 aromatic rings. The van der Waals surface area contributed by atoms with Crippen LogP contribution < -0.4 is 5.32 Å². The van der Waals surface area contributed by atoms with Crippen LogP contribution in [-0.4, -0.2) is 50.3 Å². The summed E-state index contributed by atoms with van der Waals surface area (Å²) in [6.07, 6.45) is 13.2. The van der Waals surface area contributed by atoms with Crippen molar-refractivity contribution in [3.63, 3.8) is 0 Å².